The summed E-state index contributed by atoms with van der Waals surface area (Å²) in [6.45, 7) is 3.60. The van der Waals surface area contributed by atoms with Crippen molar-refractivity contribution in [2.45, 2.75) is 61.4 Å². The quantitative estimate of drug-likeness (QED) is 0.582. The minimum absolute atomic E-state index is 0.127. The average Bonchev–Trinajstić information content (AvgIpc) is 2.70. The van der Waals surface area contributed by atoms with Gasteiger partial charge in [-0.3, -0.25) is 0 Å². The highest BCUT2D eigenvalue weighted by Crippen LogP contribution is 2.59. The van der Waals surface area contributed by atoms with Gasteiger partial charge in [0, 0.05) is 12.1 Å². The number of nitrogens with two attached hydrogens (primary N) is 1. The largest absolute Gasteiger partial charge is 0.342 e. The fourth-order valence-corrected chi connectivity index (χ4v) is 13.7. The molecule has 0 bridgehead atoms. The molecule has 31 heavy (non-hydrogen) atoms. The van der Waals surface area contributed by atoms with Gasteiger partial charge in [0.2, 0.25) is 19.5 Å². The van der Waals surface area contributed by atoms with Crippen LogP contribution in [0.2, 0.25) is 0 Å². The number of hydrogen-bond acceptors (Lipinski definition) is 6. The maximum absolute atomic E-state index is 13.7. The molecule has 11 heteroatoms. The monoisotopic (exact) mass is 502 g/mol. The molecule has 3 N–H and O–H groups in total. The van der Waals surface area contributed by atoms with Crippen molar-refractivity contribution in [3.63, 3.8) is 0 Å². The Balaban J connectivity index is 2.21. The van der Waals surface area contributed by atoms with Gasteiger partial charge in [-0.05, 0) is 62.8 Å². The van der Waals surface area contributed by atoms with Gasteiger partial charge in [0.05, 0.1) is 9.79 Å². The molecule has 0 aromatic heterocycles. The van der Waals surface area contributed by atoms with E-state index >= 15 is 0 Å². The Bertz CT molecular complexity index is 1200. The van der Waals surface area contributed by atoms with Crippen LogP contribution in [0, 0.1) is 13.8 Å². The van der Waals surface area contributed by atoms with E-state index in [2.05, 4.69) is 0 Å². The van der Waals surface area contributed by atoms with Crippen molar-refractivity contribution in [1.82, 2.24) is 4.08 Å². The highest BCUT2D eigenvalue weighted by atomic mass is 32.9. The van der Waals surface area contributed by atoms with Crippen LogP contribution in [0.3, 0.4) is 0 Å². The van der Waals surface area contributed by atoms with Gasteiger partial charge in [-0.2, -0.15) is 0 Å². The van der Waals surface area contributed by atoms with Crippen LogP contribution in [-0.4, -0.2) is 37.9 Å². The second-order valence-electron chi connectivity index (χ2n) is 7.89. The minimum atomic E-state index is -4.68. The van der Waals surface area contributed by atoms with Crippen LogP contribution in [-0.2, 0) is 31.3 Å². The predicted molar refractivity (Wildman–Crippen MR) is 125 cm³/mol. The minimum Gasteiger partial charge on any atom is -0.342 e. The Morgan fingerprint density at radius 2 is 1.35 bits per heavy atom. The molecule has 3 unspecified atom stereocenters. The van der Waals surface area contributed by atoms with Crippen LogP contribution < -0.4 is 5.73 Å². The SMILES string of the molecule is Cc1ccc(S(=O)(=O)N(C2CCCCC2N)P(O)(=S)S(=O)(=O)c2ccc(C)cc2)cc1. The third kappa shape index (κ3) is 4.66. The summed E-state index contributed by atoms with van der Waals surface area (Å²) >= 11 is 5.29. The van der Waals surface area contributed by atoms with Gasteiger partial charge in [0.1, 0.15) is 0 Å². The standard InChI is InChI=1S/C20H27N2O5PS3/c1-15-7-11-17(12-8-15)30(24,25)22(20-6-4-3-5-19(20)21)28(23,29)31(26,27)18-13-9-16(2)10-14-18/h7-14,19-20H,3-6,21H2,1-2H3,(H,23,29). The summed E-state index contributed by atoms with van der Waals surface area (Å²) in [5.74, 6) is 0. The van der Waals surface area contributed by atoms with Crippen molar-refractivity contribution < 1.29 is 21.7 Å². The van der Waals surface area contributed by atoms with E-state index in [0.717, 1.165) is 17.5 Å². The topological polar surface area (TPSA) is 118 Å². The normalized spacial score (nSPS) is 22.2. The summed E-state index contributed by atoms with van der Waals surface area (Å²) in [5, 5.41) is 0. The van der Waals surface area contributed by atoms with E-state index in [1.165, 1.54) is 24.3 Å². The molecule has 170 valence electrons. The smallest absolute Gasteiger partial charge is 0.264 e. The Morgan fingerprint density at radius 3 is 1.84 bits per heavy atom. The molecule has 3 atom stereocenters. The lowest BCUT2D eigenvalue weighted by atomic mass is 9.92. The van der Waals surface area contributed by atoms with E-state index < -0.39 is 37.2 Å². The molecule has 0 spiro atoms. The Kier molecular flexibility index (Phi) is 7.13. The van der Waals surface area contributed by atoms with Crippen LogP contribution in [0.25, 0.3) is 0 Å². The van der Waals surface area contributed by atoms with E-state index in [4.69, 9.17) is 17.5 Å². The predicted octanol–water partition coefficient (Wildman–Crippen LogP) is 3.25. The zero-order valence-corrected chi connectivity index (χ0v) is 20.7. The Hall–Kier alpha value is -1.13. The molecule has 0 heterocycles. The van der Waals surface area contributed by atoms with Crippen molar-refractivity contribution in [2.75, 3.05) is 0 Å². The summed E-state index contributed by atoms with van der Waals surface area (Å²) in [6, 6.07) is 10.3. The molecule has 1 aliphatic carbocycles. The van der Waals surface area contributed by atoms with E-state index in [1.54, 1.807) is 31.2 Å². The van der Waals surface area contributed by atoms with Crippen molar-refractivity contribution in [2.24, 2.45) is 5.73 Å². The van der Waals surface area contributed by atoms with Gasteiger partial charge in [-0.25, -0.2) is 16.8 Å². The van der Waals surface area contributed by atoms with Gasteiger partial charge < -0.3 is 10.6 Å². The summed E-state index contributed by atoms with van der Waals surface area (Å²) in [5.41, 5.74) is 3.23. The second-order valence-corrected chi connectivity index (χ2v) is 18.0. The molecule has 1 saturated carbocycles. The van der Waals surface area contributed by atoms with Crippen molar-refractivity contribution in [1.29, 1.82) is 0 Å². The number of benzene rings is 2. The fraction of sp³-hybridized carbons (Fsp3) is 0.400. The summed E-state index contributed by atoms with van der Waals surface area (Å²) in [6.07, 6.45) is 2.31. The Morgan fingerprint density at radius 1 is 0.903 bits per heavy atom. The van der Waals surface area contributed by atoms with Crippen LogP contribution >= 0.6 is 5.62 Å². The van der Waals surface area contributed by atoms with Gasteiger partial charge in [0.25, 0.3) is 5.62 Å². The average molecular weight is 503 g/mol. The summed E-state index contributed by atoms with van der Waals surface area (Å²) in [7, 11) is -8.99. The van der Waals surface area contributed by atoms with Crippen LogP contribution in [0.5, 0.6) is 0 Å². The van der Waals surface area contributed by atoms with Crippen LogP contribution in [0.4, 0.5) is 0 Å². The Labute approximate surface area is 189 Å². The maximum Gasteiger partial charge on any atom is 0.264 e. The van der Waals surface area contributed by atoms with E-state index in [1.807, 2.05) is 6.92 Å². The number of rotatable bonds is 6. The highest BCUT2D eigenvalue weighted by Gasteiger charge is 2.51. The molecule has 1 aliphatic rings. The molecular formula is C20H27N2O5PS3. The molecule has 7 nitrogen and oxygen atoms in total. The van der Waals surface area contributed by atoms with Gasteiger partial charge in [-0.15, -0.1) is 4.08 Å². The van der Waals surface area contributed by atoms with Gasteiger partial charge in [0.15, 0.2) is 0 Å². The zero-order valence-electron chi connectivity index (χ0n) is 17.4. The third-order valence-electron chi connectivity index (χ3n) is 5.51. The van der Waals surface area contributed by atoms with Crippen LogP contribution in [0.1, 0.15) is 36.8 Å². The third-order valence-corrected chi connectivity index (χ3v) is 16.7. The molecule has 1 fully saturated rings. The highest BCUT2D eigenvalue weighted by molar-refractivity contribution is 8.65. The maximum atomic E-state index is 13.7. The molecule has 0 saturated heterocycles. The fourth-order valence-electron chi connectivity index (χ4n) is 3.69. The van der Waals surface area contributed by atoms with Crippen molar-refractivity contribution in [3.05, 3.63) is 59.7 Å². The van der Waals surface area contributed by atoms with Crippen molar-refractivity contribution in [3.8, 4) is 0 Å². The first-order valence-corrected chi connectivity index (χ1v) is 16.1. The lowest BCUT2D eigenvalue weighted by Gasteiger charge is -2.40. The van der Waals surface area contributed by atoms with E-state index in [9.17, 15) is 21.7 Å². The molecule has 2 aromatic rings. The van der Waals surface area contributed by atoms with E-state index in [-0.39, 0.29) is 9.79 Å². The second kappa shape index (κ2) is 9.02. The first-order chi connectivity index (χ1) is 14.4. The molecule has 2 aromatic carbocycles. The van der Waals surface area contributed by atoms with Gasteiger partial charge >= 0.3 is 0 Å². The zero-order chi connectivity index (χ0) is 23.0. The molecule has 0 aliphatic heterocycles. The summed E-state index contributed by atoms with van der Waals surface area (Å²) < 4.78 is 54.9. The molecule has 0 amide bonds. The lowest BCUT2D eigenvalue weighted by Crippen LogP contribution is -2.50. The van der Waals surface area contributed by atoms with Crippen molar-refractivity contribution >= 4 is 36.9 Å². The molecule has 3 rings (SSSR count). The van der Waals surface area contributed by atoms with E-state index in [0.29, 0.717) is 23.3 Å². The van der Waals surface area contributed by atoms with Gasteiger partial charge in [-0.1, -0.05) is 48.2 Å². The molecular weight excluding hydrogens is 475 g/mol. The molecule has 0 radical (unpaired) electrons. The number of nitrogens with zero attached hydrogens (tertiary/aromatic N) is 1. The number of aryl methyl sites for hydroxylation is 2. The summed E-state index contributed by atoms with van der Waals surface area (Å²) in [4.78, 5) is 11.0. The lowest BCUT2D eigenvalue weighted by molar-refractivity contribution is 0.290. The number of hydrogen-bond donors (Lipinski definition) is 2. The van der Waals surface area contributed by atoms with Crippen LogP contribution in [0.15, 0.2) is 58.3 Å². The first kappa shape index (κ1) is 24.5. The number of sulfonamides is 1. The first-order valence-electron chi connectivity index (χ1n) is 9.91.